The standard InChI is InChI=1S/C23H26ClFN4/c1-16(2)11-29-15-27(3)13-19-14-28(23(24)22(19)29)12-17-7-9-18(10-8-17)20-5-4-6-21(25)26-20/h4-10,14,16H,11-13,15H2,1-3H3. The van der Waals surface area contributed by atoms with Gasteiger partial charge in [-0.15, -0.1) is 0 Å². The van der Waals surface area contributed by atoms with Gasteiger partial charge in [-0.05, 0) is 30.7 Å². The second-order valence-corrected chi connectivity index (χ2v) is 8.59. The topological polar surface area (TPSA) is 24.3 Å². The van der Waals surface area contributed by atoms with E-state index in [2.05, 4.69) is 58.6 Å². The first-order valence-electron chi connectivity index (χ1n) is 9.93. The average molecular weight is 413 g/mol. The molecule has 1 aliphatic rings. The fourth-order valence-corrected chi connectivity index (χ4v) is 4.33. The van der Waals surface area contributed by atoms with Crippen molar-refractivity contribution in [2.45, 2.75) is 26.9 Å². The summed E-state index contributed by atoms with van der Waals surface area (Å²) in [5.41, 5.74) is 5.11. The molecule has 0 spiro atoms. The average Bonchev–Trinajstić information content (AvgIpc) is 2.97. The summed E-state index contributed by atoms with van der Waals surface area (Å²) in [6, 6.07) is 12.9. The van der Waals surface area contributed by atoms with Crippen LogP contribution in [0, 0.1) is 11.9 Å². The summed E-state index contributed by atoms with van der Waals surface area (Å²) in [5, 5.41) is 0.796. The Balaban J connectivity index is 1.57. The molecule has 0 radical (unpaired) electrons. The van der Waals surface area contributed by atoms with Crippen molar-refractivity contribution in [3.05, 3.63) is 70.9 Å². The maximum Gasteiger partial charge on any atom is 0.213 e. The first-order valence-corrected chi connectivity index (χ1v) is 10.3. The molecule has 0 saturated heterocycles. The third kappa shape index (κ3) is 4.31. The Hall–Kier alpha value is -2.37. The molecule has 0 amide bonds. The summed E-state index contributed by atoms with van der Waals surface area (Å²) >= 11 is 6.81. The fraction of sp³-hybridized carbons (Fsp3) is 0.348. The molecule has 0 aliphatic carbocycles. The first-order chi connectivity index (χ1) is 13.9. The first kappa shape index (κ1) is 19.9. The second-order valence-electron chi connectivity index (χ2n) is 8.24. The monoisotopic (exact) mass is 412 g/mol. The van der Waals surface area contributed by atoms with Gasteiger partial charge in [-0.1, -0.05) is 55.8 Å². The zero-order valence-corrected chi connectivity index (χ0v) is 17.8. The van der Waals surface area contributed by atoms with E-state index in [4.69, 9.17) is 11.6 Å². The predicted molar refractivity (Wildman–Crippen MR) is 117 cm³/mol. The van der Waals surface area contributed by atoms with E-state index in [9.17, 15) is 4.39 Å². The largest absolute Gasteiger partial charge is 0.356 e. The van der Waals surface area contributed by atoms with Gasteiger partial charge in [-0.3, -0.25) is 4.90 Å². The molecule has 0 atom stereocenters. The summed E-state index contributed by atoms with van der Waals surface area (Å²) in [6.45, 7) is 7.94. The van der Waals surface area contributed by atoms with Crippen LogP contribution in [0.5, 0.6) is 0 Å². The summed E-state index contributed by atoms with van der Waals surface area (Å²) in [7, 11) is 2.14. The molecule has 152 valence electrons. The lowest BCUT2D eigenvalue weighted by molar-refractivity contribution is 0.304. The number of nitrogens with zero attached hydrogens (tertiary/aromatic N) is 4. The molecule has 0 saturated carbocycles. The molecule has 0 bridgehead atoms. The Kier molecular flexibility index (Phi) is 5.61. The molecule has 2 aromatic heterocycles. The molecule has 1 aliphatic heterocycles. The van der Waals surface area contributed by atoms with Crippen LogP contribution in [-0.2, 0) is 13.1 Å². The van der Waals surface area contributed by atoms with Gasteiger partial charge in [-0.2, -0.15) is 4.39 Å². The molecule has 0 unspecified atom stereocenters. The van der Waals surface area contributed by atoms with Crippen LogP contribution in [0.4, 0.5) is 10.1 Å². The highest BCUT2D eigenvalue weighted by molar-refractivity contribution is 6.32. The van der Waals surface area contributed by atoms with E-state index < -0.39 is 5.95 Å². The SMILES string of the molecule is CC(C)CN1CN(C)Cc2cn(Cc3ccc(-c4cccc(F)n4)cc3)c(Cl)c21. The smallest absolute Gasteiger partial charge is 0.213 e. The summed E-state index contributed by atoms with van der Waals surface area (Å²) in [5.74, 6) is 0.102. The van der Waals surface area contributed by atoms with E-state index in [0.29, 0.717) is 18.2 Å². The van der Waals surface area contributed by atoms with Crippen LogP contribution in [-0.4, -0.2) is 34.7 Å². The van der Waals surface area contributed by atoms with Crippen molar-refractivity contribution in [3.63, 3.8) is 0 Å². The lowest BCUT2D eigenvalue weighted by Gasteiger charge is -2.36. The van der Waals surface area contributed by atoms with Crippen molar-refractivity contribution in [1.29, 1.82) is 0 Å². The number of fused-ring (bicyclic) bond motifs is 1. The van der Waals surface area contributed by atoms with E-state index in [1.807, 2.05) is 18.2 Å². The Bertz CT molecular complexity index is 997. The van der Waals surface area contributed by atoms with Gasteiger partial charge < -0.3 is 9.47 Å². The molecule has 6 heteroatoms. The van der Waals surface area contributed by atoms with Gasteiger partial charge in [0.25, 0.3) is 0 Å². The maximum atomic E-state index is 13.4. The van der Waals surface area contributed by atoms with E-state index >= 15 is 0 Å². The second kappa shape index (κ2) is 8.17. The fourth-order valence-electron chi connectivity index (χ4n) is 3.98. The van der Waals surface area contributed by atoms with Gasteiger partial charge in [-0.25, -0.2) is 4.98 Å². The maximum absolute atomic E-state index is 13.4. The number of halogens is 2. The van der Waals surface area contributed by atoms with E-state index in [-0.39, 0.29) is 0 Å². The summed E-state index contributed by atoms with van der Waals surface area (Å²) < 4.78 is 15.5. The van der Waals surface area contributed by atoms with Crippen LogP contribution in [0.15, 0.2) is 48.7 Å². The molecule has 3 aromatic rings. The normalized spacial score (nSPS) is 14.5. The molecular formula is C23H26ClFN4. The molecule has 0 N–H and O–H groups in total. The number of aromatic nitrogens is 2. The Morgan fingerprint density at radius 3 is 2.59 bits per heavy atom. The molecule has 3 heterocycles. The third-order valence-corrected chi connectivity index (χ3v) is 5.53. The van der Waals surface area contributed by atoms with E-state index in [1.54, 1.807) is 6.07 Å². The quantitative estimate of drug-likeness (QED) is 0.534. The highest BCUT2D eigenvalue weighted by Gasteiger charge is 2.26. The van der Waals surface area contributed by atoms with Crippen molar-refractivity contribution in [2.75, 3.05) is 25.2 Å². The Labute approximate surface area is 176 Å². The van der Waals surface area contributed by atoms with Gasteiger partial charge in [0.1, 0.15) is 5.15 Å². The molecule has 0 fully saturated rings. The van der Waals surface area contributed by atoms with Crippen LogP contribution in [0.1, 0.15) is 25.0 Å². The number of benzene rings is 1. The van der Waals surface area contributed by atoms with Crippen LogP contribution < -0.4 is 4.90 Å². The van der Waals surface area contributed by atoms with Crippen LogP contribution in [0.2, 0.25) is 5.15 Å². The molecule has 4 nitrogen and oxygen atoms in total. The summed E-state index contributed by atoms with van der Waals surface area (Å²) in [4.78, 5) is 8.64. The lowest BCUT2D eigenvalue weighted by atomic mass is 10.1. The van der Waals surface area contributed by atoms with Crippen molar-refractivity contribution in [2.24, 2.45) is 5.92 Å². The van der Waals surface area contributed by atoms with Crippen LogP contribution in [0.25, 0.3) is 11.3 Å². The Morgan fingerprint density at radius 2 is 1.90 bits per heavy atom. The molecule has 4 rings (SSSR count). The minimum atomic E-state index is -0.466. The van der Waals surface area contributed by atoms with Crippen LogP contribution >= 0.6 is 11.6 Å². The molecule has 29 heavy (non-hydrogen) atoms. The van der Waals surface area contributed by atoms with Crippen molar-refractivity contribution < 1.29 is 4.39 Å². The number of pyridine rings is 1. The number of anilines is 1. The Morgan fingerprint density at radius 1 is 1.14 bits per heavy atom. The number of rotatable bonds is 5. The van der Waals surface area contributed by atoms with Gasteiger partial charge in [0.2, 0.25) is 5.95 Å². The summed E-state index contributed by atoms with van der Waals surface area (Å²) in [6.07, 6.45) is 2.17. The van der Waals surface area contributed by atoms with Crippen molar-refractivity contribution in [1.82, 2.24) is 14.5 Å². The van der Waals surface area contributed by atoms with Crippen molar-refractivity contribution in [3.8, 4) is 11.3 Å². The number of hydrogen-bond acceptors (Lipinski definition) is 3. The van der Waals surface area contributed by atoms with Gasteiger partial charge >= 0.3 is 0 Å². The highest BCUT2D eigenvalue weighted by atomic mass is 35.5. The van der Waals surface area contributed by atoms with Gasteiger partial charge in [0.15, 0.2) is 0 Å². The highest BCUT2D eigenvalue weighted by Crippen LogP contribution is 2.36. The van der Waals surface area contributed by atoms with E-state index in [0.717, 1.165) is 36.0 Å². The molecular weight excluding hydrogens is 387 g/mol. The minimum absolute atomic E-state index is 0.466. The predicted octanol–water partition coefficient (Wildman–Crippen LogP) is 5.26. The third-order valence-electron chi connectivity index (χ3n) is 5.14. The van der Waals surface area contributed by atoms with Crippen LogP contribution in [0.3, 0.4) is 0 Å². The van der Waals surface area contributed by atoms with Gasteiger partial charge in [0, 0.05) is 37.0 Å². The van der Waals surface area contributed by atoms with Gasteiger partial charge in [0.05, 0.1) is 18.1 Å². The zero-order chi connectivity index (χ0) is 20.5. The molecule has 1 aromatic carbocycles. The minimum Gasteiger partial charge on any atom is -0.356 e. The van der Waals surface area contributed by atoms with E-state index in [1.165, 1.54) is 17.3 Å². The lowest BCUT2D eigenvalue weighted by Crippen LogP contribution is -2.41. The number of hydrogen-bond donors (Lipinski definition) is 0. The van der Waals surface area contributed by atoms with Crippen molar-refractivity contribution >= 4 is 17.3 Å². The zero-order valence-electron chi connectivity index (χ0n) is 17.1.